The summed E-state index contributed by atoms with van der Waals surface area (Å²) >= 11 is 1.41. The first-order valence-corrected chi connectivity index (χ1v) is 9.40. The fourth-order valence-electron chi connectivity index (χ4n) is 3.40. The lowest BCUT2D eigenvalue weighted by Crippen LogP contribution is -2.44. The molecule has 3 heterocycles. The molecule has 1 amide bonds. The molecule has 1 fully saturated rings. The normalized spacial score (nSPS) is 17.8. The van der Waals surface area contributed by atoms with Crippen molar-refractivity contribution in [1.82, 2.24) is 14.3 Å². The third kappa shape index (κ3) is 2.76. The molecule has 1 aliphatic rings. The third-order valence-electron chi connectivity index (χ3n) is 4.81. The summed E-state index contributed by atoms with van der Waals surface area (Å²) in [5, 5.41) is 1.91. The average Bonchev–Trinajstić information content (AvgIpc) is 3.08. The van der Waals surface area contributed by atoms with Gasteiger partial charge in [0.2, 0.25) is 0 Å². The highest BCUT2D eigenvalue weighted by Crippen LogP contribution is 2.24. The first kappa shape index (κ1) is 16.0. The van der Waals surface area contributed by atoms with Gasteiger partial charge in [0.05, 0.1) is 5.69 Å². The van der Waals surface area contributed by atoms with Crippen molar-refractivity contribution in [2.24, 2.45) is 0 Å². The van der Waals surface area contributed by atoms with Crippen LogP contribution in [0.3, 0.4) is 0 Å². The van der Waals surface area contributed by atoms with Crippen molar-refractivity contribution in [2.45, 2.75) is 32.2 Å². The Kier molecular flexibility index (Phi) is 4.13. The SMILES string of the molecule is CC1CCCCN1C(=O)c1cnc2scc(-c3ccccc3)n2c1=O. The molecule has 1 aliphatic heterocycles. The van der Waals surface area contributed by atoms with E-state index in [1.807, 2.05) is 47.5 Å². The zero-order valence-electron chi connectivity index (χ0n) is 14.0. The second-order valence-corrected chi connectivity index (χ2v) is 7.26. The van der Waals surface area contributed by atoms with Gasteiger partial charge in [0.15, 0.2) is 4.96 Å². The molecule has 1 atom stereocenters. The number of aromatic nitrogens is 2. The van der Waals surface area contributed by atoms with Crippen molar-refractivity contribution in [3.05, 3.63) is 57.8 Å². The summed E-state index contributed by atoms with van der Waals surface area (Å²) in [5.74, 6) is -0.204. The number of thiazole rings is 1. The number of carbonyl (C=O) groups is 1. The van der Waals surface area contributed by atoms with Crippen molar-refractivity contribution in [2.75, 3.05) is 6.54 Å². The van der Waals surface area contributed by atoms with Crippen molar-refractivity contribution < 1.29 is 4.79 Å². The summed E-state index contributed by atoms with van der Waals surface area (Å²) in [6.45, 7) is 2.75. The molecule has 0 bridgehead atoms. The molecule has 25 heavy (non-hydrogen) atoms. The summed E-state index contributed by atoms with van der Waals surface area (Å²) in [6.07, 6.45) is 4.54. The van der Waals surface area contributed by atoms with E-state index in [1.54, 1.807) is 4.40 Å². The molecule has 0 saturated carbocycles. The van der Waals surface area contributed by atoms with E-state index in [1.165, 1.54) is 17.5 Å². The van der Waals surface area contributed by atoms with Gasteiger partial charge in [0.25, 0.3) is 11.5 Å². The molecule has 5 nitrogen and oxygen atoms in total. The van der Waals surface area contributed by atoms with E-state index in [-0.39, 0.29) is 23.1 Å². The van der Waals surface area contributed by atoms with E-state index in [9.17, 15) is 9.59 Å². The number of carbonyl (C=O) groups excluding carboxylic acids is 1. The lowest BCUT2D eigenvalue weighted by molar-refractivity contribution is 0.0633. The summed E-state index contributed by atoms with van der Waals surface area (Å²) in [4.78, 5) is 32.8. The Labute approximate surface area is 149 Å². The predicted molar refractivity (Wildman–Crippen MR) is 99.1 cm³/mol. The van der Waals surface area contributed by atoms with Crippen LogP contribution in [0, 0.1) is 0 Å². The smallest absolute Gasteiger partial charge is 0.271 e. The Morgan fingerprint density at radius 2 is 2.04 bits per heavy atom. The van der Waals surface area contributed by atoms with Gasteiger partial charge in [-0.25, -0.2) is 4.98 Å². The number of fused-ring (bicyclic) bond motifs is 1. The molecule has 1 aromatic carbocycles. The van der Waals surface area contributed by atoms with E-state index in [4.69, 9.17) is 0 Å². The van der Waals surface area contributed by atoms with Crippen molar-refractivity contribution in [3.8, 4) is 11.3 Å². The average molecular weight is 353 g/mol. The monoisotopic (exact) mass is 353 g/mol. The summed E-state index contributed by atoms with van der Waals surface area (Å²) in [5.41, 5.74) is 1.59. The number of hydrogen-bond acceptors (Lipinski definition) is 4. The number of rotatable bonds is 2. The second kappa shape index (κ2) is 6.44. The third-order valence-corrected chi connectivity index (χ3v) is 5.65. The van der Waals surface area contributed by atoms with Crippen molar-refractivity contribution in [1.29, 1.82) is 0 Å². The Hall–Kier alpha value is -2.47. The van der Waals surface area contributed by atoms with Crippen molar-refractivity contribution >= 4 is 22.2 Å². The Morgan fingerprint density at radius 1 is 1.24 bits per heavy atom. The van der Waals surface area contributed by atoms with E-state index >= 15 is 0 Å². The van der Waals surface area contributed by atoms with Crippen LogP contribution in [-0.2, 0) is 0 Å². The fraction of sp³-hybridized carbons (Fsp3) is 0.316. The highest BCUT2D eigenvalue weighted by Gasteiger charge is 2.27. The van der Waals surface area contributed by atoms with Gasteiger partial charge in [-0.1, -0.05) is 30.3 Å². The van der Waals surface area contributed by atoms with E-state index in [2.05, 4.69) is 4.98 Å². The topological polar surface area (TPSA) is 54.7 Å². The molecule has 0 spiro atoms. The molecule has 0 aliphatic carbocycles. The highest BCUT2D eigenvalue weighted by atomic mass is 32.1. The van der Waals surface area contributed by atoms with Crippen LogP contribution in [0.15, 0.2) is 46.7 Å². The van der Waals surface area contributed by atoms with Crippen LogP contribution in [0.25, 0.3) is 16.2 Å². The largest absolute Gasteiger partial charge is 0.336 e. The standard InChI is InChI=1S/C19H19N3O2S/c1-13-7-5-6-10-21(13)17(23)15-11-20-19-22(18(15)24)16(12-25-19)14-8-3-2-4-9-14/h2-4,8-9,11-13H,5-7,10H2,1H3. The van der Waals surface area contributed by atoms with Gasteiger partial charge >= 0.3 is 0 Å². The highest BCUT2D eigenvalue weighted by molar-refractivity contribution is 7.15. The van der Waals surface area contributed by atoms with Crippen LogP contribution in [0.2, 0.25) is 0 Å². The summed E-state index contributed by atoms with van der Waals surface area (Å²) in [7, 11) is 0. The maximum Gasteiger partial charge on any atom is 0.271 e. The van der Waals surface area contributed by atoms with Gasteiger partial charge < -0.3 is 4.90 Å². The van der Waals surface area contributed by atoms with Gasteiger partial charge in [-0.05, 0) is 31.7 Å². The van der Waals surface area contributed by atoms with Gasteiger partial charge in [-0.2, -0.15) is 0 Å². The summed E-state index contributed by atoms with van der Waals surface area (Å²) in [6, 6.07) is 9.87. The van der Waals surface area contributed by atoms with E-state index < -0.39 is 0 Å². The summed E-state index contributed by atoms with van der Waals surface area (Å²) < 4.78 is 1.56. The number of nitrogens with zero attached hydrogens (tertiary/aromatic N) is 3. The minimum atomic E-state index is -0.284. The van der Waals surface area contributed by atoms with Crippen LogP contribution in [0.5, 0.6) is 0 Å². The van der Waals surface area contributed by atoms with Crippen LogP contribution < -0.4 is 5.56 Å². The molecule has 0 radical (unpaired) electrons. The zero-order chi connectivity index (χ0) is 17.4. The number of hydrogen-bond donors (Lipinski definition) is 0. The van der Waals surface area contributed by atoms with E-state index in [0.29, 0.717) is 11.5 Å². The van der Waals surface area contributed by atoms with Crippen molar-refractivity contribution in [3.63, 3.8) is 0 Å². The molecule has 1 unspecified atom stereocenters. The fourth-order valence-corrected chi connectivity index (χ4v) is 4.26. The maximum atomic E-state index is 13.1. The molecule has 4 rings (SSSR count). The lowest BCUT2D eigenvalue weighted by atomic mass is 10.0. The lowest BCUT2D eigenvalue weighted by Gasteiger charge is -2.33. The van der Waals surface area contributed by atoms with Gasteiger partial charge in [0, 0.05) is 24.2 Å². The Balaban J connectivity index is 1.82. The Morgan fingerprint density at radius 3 is 2.80 bits per heavy atom. The molecule has 128 valence electrons. The van der Waals surface area contributed by atoms with Crippen LogP contribution >= 0.6 is 11.3 Å². The van der Waals surface area contributed by atoms with Crippen LogP contribution in [-0.4, -0.2) is 32.8 Å². The molecule has 1 saturated heterocycles. The molecule has 3 aromatic rings. The maximum absolute atomic E-state index is 13.1. The molecular weight excluding hydrogens is 334 g/mol. The first-order valence-electron chi connectivity index (χ1n) is 8.52. The second-order valence-electron chi connectivity index (χ2n) is 6.43. The number of benzene rings is 1. The molecule has 0 N–H and O–H groups in total. The number of amides is 1. The molecule has 6 heteroatoms. The quantitative estimate of drug-likeness (QED) is 0.709. The van der Waals surface area contributed by atoms with Gasteiger partial charge in [-0.15, -0.1) is 11.3 Å². The molecule has 2 aromatic heterocycles. The van der Waals surface area contributed by atoms with Crippen LogP contribution in [0.4, 0.5) is 0 Å². The predicted octanol–water partition coefficient (Wildman–Crippen LogP) is 3.44. The van der Waals surface area contributed by atoms with E-state index in [0.717, 1.165) is 30.5 Å². The number of piperidine rings is 1. The van der Waals surface area contributed by atoms with Gasteiger partial charge in [0.1, 0.15) is 5.56 Å². The first-order chi connectivity index (χ1) is 12.2. The van der Waals surface area contributed by atoms with Gasteiger partial charge in [-0.3, -0.25) is 14.0 Å². The number of likely N-dealkylation sites (tertiary alicyclic amines) is 1. The Bertz CT molecular complexity index is 977. The minimum absolute atomic E-state index is 0.154. The van der Waals surface area contributed by atoms with Crippen LogP contribution in [0.1, 0.15) is 36.5 Å². The minimum Gasteiger partial charge on any atom is -0.336 e. The molecular formula is C19H19N3O2S. The zero-order valence-corrected chi connectivity index (χ0v) is 14.8.